The molecule has 0 saturated carbocycles. The van der Waals surface area contributed by atoms with Crippen LogP contribution < -0.4 is 10.6 Å². The van der Waals surface area contributed by atoms with Crippen molar-refractivity contribution in [3.05, 3.63) is 29.8 Å². The molecule has 1 heterocycles. The van der Waals surface area contributed by atoms with Crippen LogP contribution >= 0.6 is 0 Å². The summed E-state index contributed by atoms with van der Waals surface area (Å²) in [6, 6.07) is 7.73. The van der Waals surface area contributed by atoms with E-state index >= 15 is 0 Å². The van der Waals surface area contributed by atoms with Gasteiger partial charge in [0.1, 0.15) is 5.84 Å². The molecule has 0 radical (unpaired) electrons. The lowest BCUT2D eigenvalue weighted by Gasteiger charge is -2.08. The topological polar surface area (TPSA) is 53.5 Å². The molecule has 1 amide bonds. The number of benzene rings is 1. The van der Waals surface area contributed by atoms with Crippen molar-refractivity contribution in [2.75, 3.05) is 18.4 Å². The van der Waals surface area contributed by atoms with Gasteiger partial charge in [-0.2, -0.15) is 0 Å². The maximum atomic E-state index is 11.5. The summed E-state index contributed by atoms with van der Waals surface area (Å²) in [6.07, 6.45) is 0. The fourth-order valence-electron chi connectivity index (χ4n) is 1.59. The van der Waals surface area contributed by atoms with Crippen molar-refractivity contribution in [2.24, 2.45) is 10.9 Å². The fourth-order valence-corrected chi connectivity index (χ4v) is 1.59. The van der Waals surface area contributed by atoms with Gasteiger partial charge in [0.15, 0.2) is 0 Å². The number of anilines is 1. The normalized spacial score (nSPS) is 14.4. The van der Waals surface area contributed by atoms with Gasteiger partial charge in [0.2, 0.25) is 5.91 Å². The van der Waals surface area contributed by atoms with E-state index in [4.69, 9.17) is 0 Å². The number of hydrogen-bond donors (Lipinski definition) is 2. The summed E-state index contributed by atoms with van der Waals surface area (Å²) in [7, 11) is 0. The minimum absolute atomic E-state index is 0.00412. The average Bonchev–Trinajstić information content (AvgIpc) is 2.83. The molecule has 0 fully saturated rings. The molecule has 0 bridgehead atoms. The number of carbonyl (C=O) groups is 1. The van der Waals surface area contributed by atoms with Gasteiger partial charge in [-0.15, -0.1) is 0 Å². The van der Waals surface area contributed by atoms with Crippen LogP contribution in [0.4, 0.5) is 5.69 Å². The molecule has 1 aromatic rings. The molecule has 0 saturated heterocycles. The highest BCUT2D eigenvalue weighted by Gasteiger charge is 2.09. The van der Waals surface area contributed by atoms with Gasteiger partial charge < -0.3 is 10.6 Å². The number of nitrogens with zero attached hydrogens (tertiary/aromatic N) is 1. The van der Waals surface area contributed by atoms with Crippen LogP contribution in [0.3, 0.4) is 0 Å². The van der Waals surface area contributed by atoms with Gasteiger partial charge in [-0.3, -0.25) is 9.79 Å². The Morgan fingerprint density at radius 2 is 2.06 bits per heavy atom. The molecule has 4 nitrogen and oxygen atoms in total. The van der Waals surface area contributed by atoms with Crippen LogP contribution in [0, 0.1) is 5.92 Å². The standard InChI is InChI=1S/C13H17N3O/c1-9(2)13(17)16-11-5-3-10(4-6-11)12-14-7-8-15-12/h3-6,9H,7-8H2,1-2H3,(H,14,15)(H,16,17). The molecule has 0 aromatic heterocycles. The van der Waals surface area contributed by atoms with Gasteiger partial charge in [-0.05, 0) is 24.3 Å². The first kappa shape index (κ1) is 11.6. The molecule has 0 spiro atoms. The number of aliphatic imine (C=N–C) groups is 1. The van der Waals surface area contributed by atoms with Crippen molar-refractivity contribution in [3.63, 3.8) is 0 Å². The van der Waals surface area contributed by atoms with Gasteiger partial charge >= 0.3 is 0 Å². The second-order valence-electron chi connectivity index (χ2n) is 4.38. The summed E-state index contributed by atoms with van der Waals surface area (Å²) < 4.78 is 0. The van der Waals surface area contributed by atoms with E-state index in [0.717, 1.165) is 30.2 Å². The van der Waals surface area contributed by atoms with E-state index < -0.39 is 0 Å². The minimum atomic E-state index is -0.00412. The predicted octanol–water partition coefficient (Wildman–Crippen LogP) is 1.63. The third-order valence-electron chi connectivity index (χ3n) is 2.62. The molecule has 4 heteroatoms. The zero-order chi connectivity index (χ0) is 12.3. The van der Waals surface area contributed by atoms with Crippen molar-refractivity contribution >= 4 is 17.4 Å². The summed E-state index contributed by atoms with van der Waals surface area (Å²) in [4.78, 5) is 15.8. The fraction of sp³-hybridized carbons (Fsp3) is 0.385. The lowest BCUT2D eigenvalue weighted by molar-refractivity contribution is -0.118. The highest BCUT2D eigenvalue weighted by Crippen LogP contribution is 2.12. The molecular formula is C13H17N3O. The third kappa shape index (κ3) is 2.84. The highest BCUT2D eigenvalue weighted by molar-refractivity contribution is 6.00. The summed E-state index contributed by atoms with van der Waals surface area (Å²) in [5.41, 5.74) is 1.89. The van der Waals surface area contributed by atoms with E-state index in [2.05, 4.69) is 15.6 Å². The van der Waals surface area contributed by atoms with E-state index in [1.807, 2.05) is 38.1 Å². The van der Waals surface area contributed by atoms with Gasteiger partial charge in [0.05, 0.1) is 6.54 Å². The Labute approximate surface area is 101 Å². The maximum Gasteiger partial charge on any atom is 0.226 e. The SMILES string of the molecule is CC(C)C(=O)Nc1ccc(C2=NCCN2)cc1. The molecule has 2 rings (SSSR count). The first-order chi connectivity index (χ1) is 8.16. The predicted molar refractivity (Wildman–Crippen MR) is 69.3 cm³/mol. The lowest BCUT2D eigenvalue weighted by Crippen LogP contribution is -2.20. The van der Waals surface area contributed by atoms with Crippen LogP contribution in [0.25, 0.3) is 0 Å². The summed E-state index contributed by atoms with van der Waals surface area (Å²) in [6.45, 7) is 5.49. The Hall–Kier alpha value is -1.84. The van der Waals surface area contributed by atoms with Crippen molar-refractivity contribution < 1.29 is 4.79 Å². The highest BCUT2D eigenvalue weighted by atomic mass is 16.1. The van der Waals surface area contributed by atoms with Crippen molar-refractivity contribution in [2.45, 2.75) is 13.8 Å². The summed E-state index contributed by atoms with van der Waals surface area (Å²) in [5, 5.41) is 6.07. The van der Waals surface area contributed by atoms with Crippen molar-refractivity contribution in [1.29, 1.82) is 0 Å². The van der Waals surface area contributed by atoms with Crippen molar-refractivity contribution in [3.8, 4) is 0 Å². The Kier molecular flexibility index (Phi) is 3.42. The second-order valence-corrected chi connectivity index (χ2v) is 4.38. The van der Waals surface area contributed by atoms with E-state index in [-0.39, 0.29) is 11.8 Å². The van der Waals surface area contributed by atoms with Crippen LogP contribution in [0.15, 0.2) is 29.3 Å². The third-order valence-corrected chi connectivity index (χ3v) is 2.62. The van der Waals surface area contributed by atoms with Gasteiger partial charge in [0.25, 0.3) is 0 Å². The quantitative estimate of drug-likeness (QED) is 0.830. The van der Waals surface area contributed by atoms with E-state index in [0.29, 0.717) is 0 Å². The number of nitrogens with one attached hydrogen (secondary N) is 2. The Balaban J connectivity index is 2.05. The Morgan fingerprint density at radius 3 is 2.59 bits per heavy atom. The molecule has 90 valence electrons. The smallest absolute Gasteiger partial charge is 0.226 e. The number of rotatable bonds is 3. The van der Waals surface area contributed by atoms with Crippen molar-refractivity contribution in [1.82, 2.24) is 5.32 Å². The van der Waals surface area contributed by atoms with Crippen LogP contribution in [0.1, 0.15) is 19.4 Å². The lowest BCUT2D eigenvalue weighted by atomic mass is 10.1. The zero-order valence-corrected chi connectivity index (χ0v) is 10.2. The summed E-state index contributed by atoms with van der Waals surface area (Å²) >= 11 is 0. The number of carbonyl (C=O) groups excluding carboxylic acids is 1. The van der Waals surface area contributed by atoms with Crippen LogP contribution in [0.2, 0.25) is 0 Å². The monoisotopic (exact) mass is 231 g/mol. The van der Waals surface area contributed by atoms with Gasteiger partial charge in [0, 0.05) is 23.7 Å². The van der Waals surface area contributed by atoms with E-state index in [9.17, 15) is 4.79 Å². The molecule has 1 aliphatic heterocycles. The largest absolute Gasteiger partial charge is 0.368 e. The van der Waals surface area contributed by atoms with Gasteiger partial charge in [-0.25, -0.2) is 0 Å². The van der Waals surface area contributed by atoms with E-state index in [1.165, 1.54) is 0 Å². The van der Waals surface area contributed by atoms with Crippen LogP contribution in [0.5, 0.6) is 0 Å². The Bertz CT molecular complexity index is 434. The van der Waals surface area contributed by atoms with Gasteiger partial charge in [-0.1, -0.05) is 13.8 Å². The first-order valence-corrected chi connectivity index (χ1v) is 5.86. The number of amides is 1. The molecule has 0 unspecified atom stereocenters. The molecular weight excluding hydrogens is 214 g/mol. The Morgan fingerprint density at radius 1 is 1.35 bits per heavy atom. The molecule has 0 aliphatic carbocycles. The minimum Gasteiger partial charge on any atom is -0.368 e. The van der Waals surface area contributed by atoms with E-state index in [1.54, 1.807) is 0 Å². The summed E-state index contributed by atoms with van der Waals surface area (Å²) in [5.74, 6) is 0.969. The first-order valence-electron chi connectivity index (χ1n) is 5.86. The molecule has 2 N–H and O–H groups in total. The van der Waals surface area contributed by atoms with Crippen LogP contribution in [-0.4, -0.2) is 24.8 Å². The second kappa shape index (κ2) is 4.99. The number of amidine groups is 1. The molecule has 0 atom stereocenters. The molecule has 1 aromatic carbocycles. The molecule has 17 heavy (non-hydrogen) atoms. The average molecular weight is 231 g/mol. The molecule has 1 aliphatic rings. The number of hydrogen-bond acceptors (Lipinski definition) is 3. The van der Waals surface area contributed by atoms with Crippen LogP contribution in [-0.2, 0) is 4.79 Å². The maximum absolute atomic E-state index is 11.5. The zero-order valence-electron chi connectivity index (χ0n) is 10.2.